The first-order valence-electron chi connectivity index (χ1n) is 13.5. The van der Waals surface area contributed by atoms with Crippen LogP contribution in [0.5, 0.6) is 23.0 Å². The summed E-state index contributed by atoms with van der Waals surface area (Å²) in [5.74, 6) is 1.07. The number of carbonyl (C=O) groups is 2. The molecule has 0 fully saturated rings. The minimum atomic E-state index is -3.59. The molecule has 0 aromatic heterocycles. The lowest BCUT2D eigenvalue weighted by atomic mass is 10.1. The molecule has 0 unspecified atom stereocenters. The first-order valence-corrected chi connectivity index (χ1v) is 15.3. The second kappa shape index (κ2) is 15.0. The monoisotopic (exact) mass is 599 g/mol. The Balaban J connectivity index is 1.76. The molecule has 0 heterocycles. The van der Waals surface area contributed by atoms with Crippen molar-refractivity contribution < 1.29 is 37.0 Å². The first-order chi connectivity index (χ1) is 20.1. The SMILES string of the molecule is CCOc1cc(S(C)(=O)=O)c(OCC)cc1CNC(=O)Nc1cccc(C(=O)NCc2ccc(OC)cc2)c1OCC. The van der Waals surface area contributed by atoms with E-state index in [1.807, 2.05) is 24.3 Å². The van der Waals surface area contributed by atoms with E-state index in [1.165, 1.54) is 6.07 Å². The van der Waals surface area contributed by atoms with Gasteiger partial charge in [-0.05, 0) is 56.7 Å². The minimum absolute atomic E-state index is 0.00411. The molecule has 42 heavy (non-hydrogen) atoms. The summed E-state index contributed by atoms with van der Waals surface area (Å²) < 4.78 is 46.7. The molecule has 12 heteroatoms. The van der Waals surface area contributed by atoms with E-state index in [2.05, 4.69) is 16.0 Å². The molecule has 3 N–H and O–H groups in total. The number of ether oxygens (including phenoxy) is 4. The summed E-state index contributed by atoms with van der Waals surface area (Å²) in [7, 11) is -2.00. The largest absolute Gasteiger partial charge is 0.497 e. The van der Waals surface area contributed by atoms with Gasteiger partial charge in [0.1, 0.15) is 22.1 Å². The summed E-state index contributed by atoms with van der Waals surface area (Å²) >= 11 is 0. The van der Waals surface area contributed by atoms with Crippen molar-refractivity contribution in [2.45, 2.75) is 38.8 Å². The van der Waals surface area contributed by atoms with Gasteiger partial charge in [0.25, 0.3) is 5.91 Å². The highest BCUT2D eigenvalue weighted by Crippen LogP contribution is 2.33. The number of amides is 3. The van der Waals surface area contributed by atoms with E-state index < -0.39 is 15.9 Å². The molecule has 226 valence electrons. The first kappa shape index (κ1) is 32.1. The van der Waals surface area contributed by atoms with Crippen molar-refractivity contribution in [2.24, 2.45) is 0 Å². The second-order valence-corrected chi connectivity index (χ2v) is 11.0. The topological polar surface area (TPSA) is 141 Å². The van der Waals surface area contributed by atoms with E-state index in [0.29, 0.717) is 23.6 Å². The van der Waals surface area contributed by atoms with Crippen LogP contribution >= 0.6 is 0 Å². The third-order valence-corrected chi connectivity index (χ3v) is 7.09. The van der Waals surface area contributed by atoms with Gasteiger partial charge in [-0.25, -0.2) is 13.2 Å². The lowest BCUT2D eigenvalue weighted by Crippen LogP contribution is -2.29. The van der Waals surface area contributed by atoms with Gasteiger partial charge in [-0.15, -0.1) is 0 Å². The maximum absolute atomic E-state index is 13.1. The van der Waals surface area contributed by atoms with Crippen molar-refractivity contribution in [2.75, 3.05) is 38.5 Å². The van der Waals surface area contributed by atoms with Crippen molar-refractivity contribution in [3.05, 3.63) is 71.3 Å². The predicted octanol–water partition coefficient (Wildman–Crippen LogP) is 4.55. The van der Waals surface area contributed by atoms with E-state index in [1.54, 1.807) is 52.1 Å². The van der Waals surface area contributed by atoms with Crippen LogP contribution in [0.2, 0.25) is 0 Å². The van der Waals surface area contributed by atoms with Gasteiger partial charge < -0.3 is 34.9 Å². The Bertz CT molecular complexity index is 1490. The molecule has 11 nitrogen and oxygen atoms in total. The van der Waals surface area contributed by atoms with E-state index in [-0.39, 0.29) is 54.2 Å². The van der Waals surface area contributed by atoms with Gasteiger partial charge in [0.15, 0.2) is 15.6 Å². The Labute approximate surface area is 246 Å². The molecule has 0 atom stereocenters. The molecule has 0 aliphatic heterocycles. The molecule has 3 aromatic rings. The van der Waals surface area contributed by atoms with Gasteiger partial charge in [0.2, 0.25) is 0 Å². The number of carbonyl (C=O) groups excluding carboxylic acids is 2. The molecule has 0 saturated carbocycles. The zero-order chi connectivity index (χ0) is 30.7. The summed E-state index contributed by atoms with van der Waals surface area (Å²) in [6.45, 7) is 6.42. The van der Waals surface area contributed by atoms with Crippen molar-refractivity contribution in [3.8, 4) is 23.0 Å². The summed E-state index contributed by atoms with van der Waals surface area (Å²) in [5, 5.41) is 8.35. The normalized spacial score (nSPS) is 10.9. The number of urea groups is 1. The molecule has 0 aliphatic rings. The molecule has 0 spiro atoms. The minimum Gasteiger partial charge on any atom is -0.497 e. The molecule has 0 radical (unpaired) electrons. The van der Waals surface area contributed by atoms with Crippen LogP contribution < -0.4 is 34.9 Å². The maximum Gasteiger partial charge on any atom is 0.319 e. The number of para-hydroxylation sites is 1. The third kappa shape index (κ3) is 8.53. The third-order valence-electron chi connectivity index (χ3n) is 5.97. The van der Waals surface area contributed by atoms with Gasteiger partial charge >= 0.3 is 6.03 Å². The fourth-order valence-corrected chi connectivity index (χ4v) is 4.85. The average Bonchev–Trinajstić information content (AvgIpc) is 2.96. The number of hydrogen-bond acceptors (Lipinski definition) is 8. The summed E-state index contributed by atoms with van der Waals surface area (Å²) in [6, 6.07) is 14.6. The molecule has 0 bridgehead atoms. The maximum atomic E-state index is 13.1. The fraction of sp³-hybridized carbons (Fsp3) is 0.333. The highest BCUT2D eigenvalue weighted by molar-refractivity contribution is 7.90. The number of hydrogen-bond donors (Lipinski definition) is 3. The fourth-order valence-electron chi connectivity index (χ4n) is 4.05. The lowest BCUT2D eigenvalue weighted by Gasteiger charge is -2.18. The Morgan fingerprint density at radius 1 is 0.810 bits per heavy atom. The van der Waals surface area contributed by atoms with Gasteiger partial charge in [0.05, 0.1) is 38.2 Å². The molecule has 3 aromatic carbocycles. The van der Waals surface area contributed by atoms with Crippen LogP contribution in [-0.4, -0.2) is 53.5 Å². The van der Waals surface area contributed by atoms with Gasteiger partial charge in [-0.3, -0.25) is 4.79 Å². The van der Waals surface area contributed by atoms with E-state index in [9.17, 15) is 18.0 Å². The van der Waals surface area contributed by atoms with Crippen LogP contribution in [0, 0.1) is 0 Å². The molecule has 0 saturated heterocycles. The summed E-state index contributed by atoms with van der Waals surface area (Å²) in [6.07, 6.45) is 1.09. The Morgan fingerprint density at radius 3 is 2.10 bits per heavy atom. The number of methoxy groups -OCH3 is 1. The van der Waals surface area contributed by atoms with Crippen molar-refractivity contribution in [1.82, 2.24) is 10.6 Å². The lowest BCUT2D eigenvalue weighted by molar-refractivity contribution is 0.0947. The number of rotatable bonds is 14. The van der Waals surface area contributed by atoms with Gasteiger partial charge in [-0.2, -0.15) is 0 Å². The highest BCUT2D eigenvalue weighted by Gasteiger charge is 2.21. The van der Waals surface area contributed by atoms with Crippen LogP contribution in [0.15, 0.2) is 59.5 Å². The van der Waals surface area contributed by atoms with Crippen LogP contribution in [-0.2, 0) is 22.9 Å². The van der Waals surface area contributed by atoms with E-state index in [4.69, 9.17) is 18.9 Å². The van der Waals surface area contributed by atoms with Crippen LogP contribution in [0.4, 0.5) is 10.5 Å². The van der Waals surface area contributed by atoms with Crippen molar-refractivity contribution in [1.29, 1.82) is 0 Å². The van der Waals surface area contributed by atoms with Gasteiger partial charge in [-0.1, -0.05) is 18.2 Å². The predicted molar refractivity (Wildman–Crippen MR) is 160 cm³/mol. The van der Waals surface area contributed by atoms with Gasteiger partial charge in [0, 0.05) is 31.0 Å². The zero-order valence-electron chi connectivity index (χ0n) is 24.4. The molecule has 3 rings (SSSR count). The van der Waals surface area contributed by atoms with Crippen molar-refractivity contribution in [3.63, 3.8) is 0 Å². The van der Waals surface area contributed by atoms with E-state index >= 15 is 0 Å². The standard InChI is InChI=1S/C30H37N3O8S/c1-6-39-25-17-27(42(5,36)37)26(40-7-2)16-21(25)19-32-30(35)33-24-11-9-10-23(28(24)41-8-3)29(34)31-18-20-12-14-22(38-4)15-13-20/h9-17H,6-8,18-19H2,1-5H3,(H,31,34)(H2,32,33,35). The van der Waals surface area contributed by atoms with Crippen LogP contribution in [0.3, 0.4) is 0 Å². The van der Waals surface area contributed by atoms with Crippen LogP contribution in [0.1, 0.15) is 42.3 Å². The number of anilines is 1. The Kier molecular flexibility index (Phi) is 11.4. The molecule has 0 aliphatic carbocycles. The highest BCUT2D eigenvalue weighted by atomic mass is 32.2. The smallest absolute Gasteiger partial charge is 0.319 e. The molecular formula is C30H37N3O8S. The number of sulfone groups is 1. The summed E-state index contributed by atoms with van der Waals surface area (Å²) in [4.78, 5) is 26.0. The zero-order valence-corrected chi connectivity index (χ0v) is 25.2. The molecular weight excluding hydrogens is 562 g/mol. The van der Waals surface area contributed by atoms with E-state index in [0.717, 1.165) is 17.6 Å². The van der Waals surface area contributed by atoms with Crippen LogP contribution in [0.25, 0.3) is 0 Å². The Morgan fingerprint density at radius 2 is 1.48 bits per heavy atom. The Hall–Kier alpha value is -4.45. The summed E-state index contributed by atoms with van der Waals surface area (Å²) in [5.41, 5.74) is 1.98. The quantitative estimate of drug-likeness (QED) is 0.245. The number of nitrogens with one attached hydrogen (secondary N) is 3. The molecule has 3 amide bonds. The van der Waals surface area contributed by atoms with Crippen molar-refractivity contribution >= 4 is 27.5 Å². The average molecular weight is 600 g/mol. The second-order valence-electron chi connectivity index (χ2n) is 9.00. The number of benzene rings is 3.